The average Bonchev–Trinajstić information content (AvgIpc) is 2.97. The van der Waals surface area contributed by atoms with E-state index in [0.717, 1.165) is 21.9 Å². The Morgan fingerprint density at radius 2 is 0.737 bits per heavy atom. The van der Waals surface area contributed by atoms with E-state index >= 15 is 0 Å². The first kappa shape index (κ1) is 27.6. The van der Waals surface area contributed by atoms with Crippen molar-refractivity contribution in [3.63, 3.8) is 0 Å². The van der Waals surface area contributed by atoms with Crippen LogP contribution in [0.15, 0.2) is 97.1 Å². The zero-order valence-corrected chi connectivity index (χ0v) is 21.8. The molecule has 4 rings (SSSR count). The zero-order valence-electron chi connectivity index (χ0n) is 21.8. The Morgan fingerprint density at radius 1 is 0.368 bits per heavy atom. The molecule has 0 saturated heterocycles. The van der Waals surface area contributed by atoms with E-state index in [2.05, 4.69) is 12.1 Å². The van der Waals surface area contributed by atoms with Gasteiger partial charge in [0.2, 0.25) is 0 Å². The molecule has 0 heterocycles. The molecular weight excluding hydrogens is 480 g/mol. The van der Waals surface area contributed by atoms with E-state index in [0.29, 0.717) is 77.6 Å². The van der Waals surface area contributed by atoms with Gasteiger partial charge in [0.05, 0.1) is 52.9 Å². The van der Waals surface area contributed by atoms with Crippen molar-refractivity contribution in [2.45, 2.75) is 13.2 Å². The Kier molecular flexibility index (Phi) is 11.9. The molecule has 200 valence electrons. The van der Waals surface area contributed by atoms with Crippen LogP contribution in [-0.4, -0.2) is 52.9 Å². The Balaban J connectivity index is 1.13. The number of rotatable bonds is 18. The molecule has 0 aromatic heterocycles. The van der Waals surface area contributed by atoms with E-state index in [1.165, 1.54) is 0 Å². The van der Waals surface area contributed by atoms with Crippen molar-refractivity contribution >= 4 is 10.8 Å². The first-order valence-corrected chi connectivity index (χ1v) is 13.1. The van der Waals surface area contributed by atoms with E-state index in [4.69, 9.17) is 28.4 Å². The van der Waals surface area contributed by atoms with Crippen LogP contribution in [0.25, 0.3) is 10.8 Å². The van der Waals surface area contributed by atoms with Gasteiger partial charge in [-0.25, -0.2) is 0 Å². The van der Waals surface area contributed by atoms with Crippen LogP contribution in [0.3, 0.4) is 0 Å². The Morgan fingerprint density at radius 3 is 1.18 bits per heavy atom. The molecule has 4 aromatic carbocycles. The summed E-state index contributed by atoms with van der Waals surface area (Å²) in [5.74, 6) is 1.39. The summed E-state index contributed by atoms with van der Waals surface area (Å²) in [6.45, 7) is 5.05. The minimum Gasteiger partial charge on any atom is -0.487 e. The summed E-state index contributed by atoms with van der Waals surface area (Å²) in [5, 5.41) is 2.19. The average molecular weight is 517 g/mol. The minimum atomic E-state index is 0.419. The highest BCUT2D eigenvalue weighted by Gasteiger charge is 2.08. The van der Waals surface area contributed by atoms with Gasteiger partial charge in [0.25, 0.3) is 0 Å². The molecule has 0 N–H and O–H groups in total. The second-order valence-corrected chi connectivity index (χ2v) is 8.64. The molecule has 0 atom stereocenters. The lowest BCUT2D eigenvalue weighted by molar-refractivity contribution is 0.0275. The first-order chi connectivity index (χ1) is 18.9. The summed E-state index contributed by atoms with van der Waals surface area (Å²) in [7, 11) is 0. The maximum absolute atomic E-state index is 6.02. The smallest absolute Gasteiger partial charge is 0.161 e. The third-order valence-corrected chi connectivity index (χ3v) is 5.75. The van der Waals surface area contributed by atoms with Crippen molar-refractivity contribution in [2.24, 2.45) is 0 Å². The van der Waals surface area contributed by atoms with Crippen molar-refractivity contribution < 1.29 is 28.4 Å². The van der Waals surface area contributed by atoms with Gasteiger partial charge in [0.1, 0.15) is 13.2 Å². The normalized spacial score (nSPS) is 11.1. The summed E-state index contributed by atoms with van der Waals surface area (Å²) < 4.78 is 34.7. The molecule has 0 unspecified atom stereocenters. The third-order valence-electron chi connectivity index (χ3n) is 5.75. The molecule has 0 spiro atoms. The van der Waals surface area contributed by atoms with Crippen molar-refractivity contribution in [3.05, 3.63) is 108 Å². The predicted molar refractivity (Wildman–Crippen MR) is 149 cm³/mol. The fraction of sp³-hybridized carbons (Fsp3) is 0.312. The van der Waals surface area contributed by atoms with E-state index < -0.39 is 0 Å². The standard InChI is InChI=1S/C32H36O6/c1-3-9-27(10-4-1)25-35-17-15-33-19-21-37-31-23-29-13-7-8-14-30(29)24-32(31)38-22-20-34-16-18-36-26-28-11-5-2-6-12-28/h1-14,23-24H,15-22,25-26H2. The van der Waals surface area contributed by atoms with Gasteiger partial charge >= 0.3 is 0 Å². The SMILES string of the molecule is c1ccc(COCCOCCOc2cc3ccccc3cc2OCCOCCOCc2ccccc2)cc1. The van der Waals surface area contributed by atoms with Gasteiger partial charge in [0.15, 0.2) is 11.5 Å². The van der Waals surface area contributed by atoms with Crippen molar-refractivity contribution in [1.82, 2.24) is 0 Å². The van der Waals surface area contributed by atoms with Gasteiger partial charge in [-0.15, -0.1) is 0 Å². The summed E-state index contributed by atoms with van der Waals surface area (Å²) in [4.78, 5) is 0. The molecule has 0 radical (unpaired) electrons. The van der Waals surface area contributed by atoms with Gasteiger partial charge in [-0.1, -0.05) is 84.9 Å². The van der Waals surface area contributed by atoms with Crippen LogP contribution < -0.4 is 9.47 Å². The lowest BCUT2D eigenvalue weighted by Crippen LogP contribution is -2.13. The van der Waals surface area contributed by atoms with Gasteiger partial charge in [-0.3, -0.25) is 0 Å². The van der Waals surface area contributed by atoms with E-state index in [1.54, 1.807) is 0 Å². The maximum Gasteiger partial charge on any atom is 0.161 e. The number of ether oxygens (including phenoxy) is 6. The highest BCUT2D eigenvalue weighted by Crippen LogP contribution is 2.32. The largest absolute Gasteiger partial charge is 0.487 e. The van der Waals surface area contributed by atoms with E-state index in [-0.39, 0.29) is 0 Å². The van der Waals surface area contributed by atoms with Crippen LogP contribution in [0.2, 0.25) is 0 Å². The van der Waals surface area contributed by atoms with E-state index in [1.807, 2.05) is 84.9 Å². The van der Waals surface area contributed by atoms with Crippen LogP contribution in [0.4, 0.5) is 0 Å². The van der Waals surface area contributed by atoms with Crippen molar-refractivity contribution in [3.8, 4) is 11.5 Å². The Hall–Kier alpha value is -3.42. The van der Waals surface area contributed by atoms with Crippen LogP contribution in [0.1, 0.15) is 11.1 Å². The molecule has 6 nitrogen and oxygen atoms in total. The summed E-state index contributed by atoms with van der Waals surface area (Å²) in [6.07, 6.45) is 0. The lowest BCUT2D eigenvalue weighted by Gasteiger charge is -2.15. The van der Waals surface area contributed by atoms with Crippen LogP contribution in [0.5, 0.6) is 11.5 Å². The number of fused-ring (bicyclic) bond motifs is 1. The van der Waals surface area contributed by atoms with Crippen molar-refractivity contribution in [1.29, 1.82) is 0 Å². The van der Waals surface area contributed by atoms with Gasteiger partial charge < -0.3 is 28.4 Å². The number of hydrogen-bond acceptors (Lipinski definition) is 6. The van der Waals surface area contributed by atoms with Gasteiger partial charge in [-0.2, -0.15) is 0 Å². The first-order valence-electron chi connectivity index (χ1n) is 13.1. The van der Waals surface area contributed by atoms with Crippen molar-refractivity contribution in [2.75, 3.05) is 52.9 Å². The maximum atomic E-state index is 6.02. The van der Waals surface area contributed by atoms with Crippen LogP contribution in [-0.2, 0) is 32.2 Å². The third kappa shape index (κ3) is 9.80. The Bertz CT molecular complexity index is 1090. The second-order valence-electron chi connectivity index (χ2n) is 8.64. The molecule has 0 amide bonds. The summed E-state index contributed by atoms with van der Waals surface area (Å²) in [5.41, 5.74) is 2.31. The quantitative estimate of drug-likeness (QED) is 0.150. The topological polar surface area (TPSA) is 55.4 Å². The predicted octanol–water partition coefficient (Wildman–Crippen LogP) is 6.06. The number of benzene rings is 4. The molecule has 38 heavy (non-hydrogen) atoms. The molecule has 0 saturated carbocycles. The fourth-order valence-corrected chi connectivity index (χ4v) is 3.81. The van der Waals surface area contributed by atoms with Crippen LogP contribution in [0, 0.1) is 0 Å². The molecule has 0 aliphatic carbocycles. The summed E-state index contributed by atoms with van der Waals surface area (Å²) in [6, 6.07) is 32.4. The monoisotopic (exact) mass is 516 g/mol. The Labute approximate surface area is 225 Å². The molecular formula is C32H36O6. The van der Waals surface area contributed by atoms with Gasteiger partial charge in [0, 0.05) is 0 Å². The molecule has 6 heteroatoms. The van der Waals surface area contributed by atoms with Gasteiger partial charge in [-0.05, 0) is 34.0 Å². The fourth-order valence-electron chi connectivity index (χ4n) is 3.81. The second kappa shape index (κ2) is 16.4. The molecule has 0 aliphatic heterocycles. The summed E-state index contributed by atoms with van der Waals surface area (Å²) >= 11 is 0. The molecule has 0 bridgehead atoms. The highest BCUT2D eigenvalue weighted by molar-refractivity contribution is 5.86. The van der Waals surface area contributed by atoms with Crippen LogP contribution >= 0.6 is 0 Å². The molecule has 0 aliphatic rings. The minimum absolute atomic E-state index is 0.419. The zero-order chi connectivity index (χ0) is 26.1. The highest BCUT2D eigenvalue weighted by atomic mass is 16.6. The lowest BCUT2D eigenvalue weighted by atomic mass is 10.1. The van der Waals surface area contributed by atoms with E-state index in [9.17, 15) is 0 Å². The number of hydrogen-bond donors (Lipinski definition) is 0. The molecule has 0 fully saturated rings. The molecule has 4 aromatic rings.